The molecule has 4 nitrogen and oxygen atoms in total. The summed E-state index contributed by atoms with van der Waals surface area (Å²) in [6.07, 6.45) is 7.41. The van der Waals surface area contributed by atoms with Gasteiger partial charge in [0.25, 0.3) is 0 Å². The molecule has 4 aromatic heterocycles. The van der Waals surface area contributed by atoms with Crippen LogP contribution in [0.1, 0.15) is 0 Å². The lowest BCUT2D eigenvalue weighted by Crippen LogP contribution is -1.95. The third-order valence-electron chi connectivity index (χ3n) is 6.31. The van der Waals surface area contributed by atoms with Gasteiger partial charge in [0.05, 0.1) is 22.1 Å². The molecule has 4 heteroatoms. The second-order valence-electron chi connectivity index (χ2n) is 7.97. The number of pyridine rings is 2. The molecule has 0 aliphatic heterocycles. The highest BCUT2D eigenvalue weighted by atomic mass is 15.7. The Balaban J connectivity index is 1.77. The summed E-state index contributed by atoms with van der Waals surface area (Å²) in [5, 5.41) is 5.00. The van der Waals surface area contributed by atoms with Gasteiger partial charge in [-0.05, 0) is 42.5 Å². The summed E-state index contributed by atoms with van der Waals surface area (Å²) in [7, 11) is 0. The Labute approximate surface area is 184 Å². The molecule has 0 amide bonds. The molecule has 32 heavy (non-hydrogen) atoms. The summed E-state index contributed by atoms with van der Waals surface area (Å²) in [5.74, 6) is 0. The lowest BCUT2D eigenvalue weighted by molar-refractivity contribution is 1.15. The lowest BCUT2D eigenvalue weighted by Gasteiger charge is -2.09. The highest BCUT2D eigenvalue weighted by molar-refractivity contribution is 6.26. The highest BCUT2D eigenvalue weighted by Crippen LogP contribution is 2.41. The van der Waals surface area contributed by atoms with Crippen LogP contribution in [0, 0.1) is 0 Å². The molecular formula is C28H18N4. The third kappa shape index (κ3) is 2.26. The summed E-state index contributed by atoms with van der Waals surface area (Å²) in [4.78, 5) is 8.47. The van der Waals surface area contributed by atoms with E-state index in [0.717, 1.165) is 11.4 Å². The summed E-state index contributed by atoms with van der Waals surface area (Å²) in [5.41, 5.74) is 7.01. The van der Waals surface area contributed by atoms with E-state index in [9.17, 15) is 0 Å². The molecule has 4 heterocycles. The molecule has 0 fully saturated rings. The van der Waals surface area contributed by atoms with Crippen molar-refractivity contribution < 1.29 is 0 Å². The van der Waals surface area contributed by atoms with Gasteiger partial charge < -0.3 is 9.13 Å². The zero-order chi connectivity index (χ0) is 21.1. The van der Waals surface area contributed by atoms with E-state index in [-0.39, 0.29) is 0 Å². The molecule has 0 aliphatic carbocycles. The Morgan fingerprint density at radius 1 is 0.438 bits per heavy atom. The second-order valence-corrected chi connectivity index (χ2v) is 7.97. The van der Waals surface area contributed by atoms with Crippen molar-refractivity contribution in [1.29, 1.82) is 0 Å². The van der Waals surface area contributed by atoms with Crippen LogP contribution < -0.4 is 0 Å². The predicted octanol–water partition coefficient (Wildman–Crippen LogP) is 6.67. The van der Waals surface area contributed by atoms with E-state index in [1.807, 2.05) is 24.8 Å². The summed E-state index contributed by atoms with van der Waals surface area (Å²) in [6, 6.07) is 30.1. The minimum absolute atomic E-state index is 1.11. The van der Waals surface area contributed by atoms with Crippen molar-refractivity contribution >= 4 is 43.6 Å². The van der Waals surface area contributed by atoms with Crippen LogP contribution >= 0.6 is 0 Å². The largest absolute Gasteiger partial charge is 0.309 e. The number of aromatic nitrogens is 4. The fraction of sp³-hybridized carbons (Fsp3) is 0. The van der Waals surface area contributed by atoms with Crippen molar-refractivity contribution in [3.05, 3.63) is 110 Å². The van der Waals surface area contributed by atoms with Crippen LogP contribution in [0.15, 0.2) is 110 Å². The topological polar surface area (TPSA) is 35.6 Å². The first kappa shape index (κ1) is 17.3. The lowest BCUT2D eigenvalue weighted by atomic mass is 10.1. The van der Waals surface area contributed by atoms with Crippen molar-refractivity contribution in [2.45, 2.75) is 0 Å². The van der Waals surface area contributed by atoms with Crippen molar-refractivity contribution in [2.24, 2.45) is 0 Å². The standard InChI is InChI=1S/C28H18N4/c1-3-7-24-21(5-1)22-9-10-26-27(28(22)32(24)20-13-17-30-18-14-20)23-6-2-4-8-25(23)31(26)19-11-15-29-16-12-19/h1-18H/i31+1,32+1. The Morgan fingerprint density at radius 3 is 1.69 bits per heavy atom. The second kappa shape index (κ2) is 6.53. The SMILES string of the molecule is c1ccc2c(c1)c1c(ccc3c4ccccc4[15n](-c4ccncc4)c31)[15n]2-c1ccncc1. The average Bonchev–Trinajstić information content (AvgIpc) is 3.38. The summed E-state index contributed by atoms with van der Waals surface area (Å²) < 4.78 is 4.71. The predicted molar refractivity (Wildman–Crippen MR) is 131 cm³/mol. The molecule has 0 unspecified atom stereocenters. The van der Waals surface area contributed by atoms with Gasteiger partial charge in [-0.1, -0.05) is 42.5 Å². The first-order chi connectivity index (χ1) is 15.9. The third-order valence-corrected chi connectivity index (χ3v) is 6.31. The Morgan fingerprint density at radius 2 is 1.00 bits per heavy atom. The molecule has 0 N–H and O–H groups in total. The van der Waals surface area contributed by atoms with E-state index in [4.69, 9.17) is 0 Å². The maximum absolute atomic E-state index is 4.25. The first-order valence-corrected chi connectivity index (χ1v) is 10.7. The normalized spacial score (nSPS) is 11.8. The van der Waals surface area contributed by atoms with Crippen LogP contribution in [0.2, 0.25) is 0 Å². The van der Waals surface area contributed by atoms with Crippen molar-refractivity contribution in [2.75, 3.05) is 0 Å². The molecule has 0 radical (unpaired) electrons. The molecule has 0 bridgehead atoms. The minimum atomic E-state index is 1.11. The molecule has 3 aromatic carbocycles. The van der Waals surface area contributed by atoms with Crippen molar-refractivity contribution in [3.8, 4) is 11.4 Å². The number of fused-ring (bicyclic) bond motifs is 7. The Hall–Kier alpha value is -4.44. The molecule has 7 rings (SSSR count). The number of para-hydroxylation sites is 2. The number of rotatable bonds is 2. The van der Waals surface area contributed by atoms with Gasteiger partial charge in [-0.15, -0.1) is 0 Å². The Bertz CT molecular complexity index is 1760. The Kier molecular flexibility index (Phi) is 3.52. The fourth-order valence-electron chi connectivity index (χ4n) is 5.04. The van der Waals surface area contributed by atoms with Crippen molar-refractivity contribution in [1.82, 2.24) is 19.1 Å². The van der Waals surface area contributed by atoms with Crippen molar-refractivity contribution in [3.63, 3.8) is 0 Å². The number of hydrogen-bond acceptors (Lipinski definition) is 2. The van der Waals surface area contributed by atoms with Crippen LogP contribution in [-0.2, 0) is 0 Å². The molecule has 0 saturated carbocycles. The fourth-order valence-corrected chi connectivity index (χ4v) is 5.04. The number of hydrogen-bond donors (Lipinski definition) is 0. The summed E-state index contributed by atoms with van der Waals surface area (Å²) >= 11 is 0. The van der Waals surface area contributed by atoms with E-state index in [2.05, 4.69) is 104 Å². The van der Waals surface area contributed by atoms with Gasteiger partial charge in [-0.25, -0.2) is 0 Å². The van der Waals surface area contributed by atoms with Gasteiger partial charge in [0, 0.05) is 57.7 Å². The average molecular weight is 412 g/mol. The van der Waals surface area contributed by atoms with Crippen LogP contribution in [0.3, 0.4) is 0 Å². The molecule has 0 aliphatic rings. The van der Waals surface area contributed by atoms with Crippen LogP contribution in [0.4, 0.5) is 0 Å². The zero-order valence-electron chi connectivity index (χ0n) is 17.2. The maximum atomic E-state index is 4.25. The van der Waals surface area contributed by atoms with Gasteiger partial charge in [0.2, 0.25) is 0 Å². The van der Waals surface area contributed by atoms with Crippen LogP contribution in [-0.4, -0.2) is 19.1 Å². The van der Waals surface area contributed by atoms with Gasteiger partial charge in [0.1, 0.15) is 0 Å². The number of nitrogens with zero attached hydrogens (tertiary/aromatic N) is 4. The van der Waals surface area contributed by atoms with E-state index >= 15 is 0 Å². The van der Waals surface area contributed by atoms with Crippen LogP contribution in [0.5, 0.6) is 0 Å². The molecular weight excluding hydrogens is 394 g/mol. The zero-order valence-corrected chi connectivity index (χ0v) is 17.2. The van der Waals surface area contributed by atoms with Gasteiger partial charge >= 0.3 is 0 Å². The number of benzene rings is 3. The monoisotopic (exact) mass is 412 g/mol. The molecule has 150 valence electrons. The van der Waals surface area contributed by atoms with Gasteiger partial charge in [0.15, 0.2) is 0 Å². The molecule has 0 spiro atoms. The van der Waals surface area contributed by atoms with E-state index in [1.54, 1.807) is 0 Å². The van der Waals surface area contributed by atoms with Crippen LogP contribution in [0.25, 0.3) is 55.0 Å². The van der Waals surface area contributed by atoms with Gasteiger partial charge in [-0.3, -0.25) is 9.97 Å². The molecule has 7 aromatic rings. The highest BCUT2D eigenvalue weighted by Gasteiger charge is 2.20. The van der Waals surface area contributed by atoms with E-state index in [1.165, 1.54) is 43.6 Å². The van der Waals surface area contributed by atoms with E-state index in [0.29, 0.717) is 0 Å². The minimum Gasteiger partial charge on any atom is -0.309 e. The molecule has 0 atom stereocenters. The first-order valence-electron chi connectivity index (χ1n) is 10.7. The summed E-state index contributed by atoms with van der Waals surface area (Å²) in [6.45, 7) is 0. The molecule has 0 saturated heterocycles. The maximum Gasteiger partial charge on any atom is 0.0641 e. The van der Waals surface area contributed by atoms with Gasteiger partial charge in [-0.2, -0.15) is 0 Å². The van der Waals surface area contributed by atoms with E-state index < -0.39 is 0 Å². The smallest absolute Gasteiger partial charge is 0.0641 e. The quantitative estimate of drug-likeness (QED) is 0.318.